The van der Waals surface area contributed by atoms with Crippen molar-refractivity contribution in [3.63, 3.8) is 0 Å². The van der Waals surface area contributed by atoms with Crippen molar-refractivity contribution in [3.8, 4) is 0 Å². The molecule has 0 bridgehead atoms. The molecule has 0 saturated carbocycles. The Kier molecular flexibility index (Phi) is 4.47. The Labute approximate surface area is 59.0 Å². The van der Waals surface area contributed by atoms with Gasteiger partial charge in [0.05, 0.1) is 0 Å². The second-order valence-electron chi connectivity index (χ2n) is 3.01. The van der Waals surface area contributed by atoms with Crippen LogP contribution in [0.1, 0.15) is 40.0 Å². The molecule has 0 radical (unpaired) electrons. The molecule has 0 aliphatic carbocycles. The van der Waals surface area contributed by atoms with Gasteiger partial charge >= 0.3 is 0 Å². The average Bonchev–Trinajstić information content (AvgIpc) is 1.83. The maximum Gasteiger partial charge on any atom is -0.0323 e. The van der Waals surface area contributed by atoms with Crippen molar-refractivity contribution in [1.29, 1.82) is 0 Å². The standard InChI is InChI=1S/C9H18/c1-5-9(4)7-6-8(2)3/h9H,2,5-7H2,1,3-4H3/t9-/m1/s1. The lowest BCUT2D eigenvalue weighted by atomic mass is 10.0. The highest BCUT2D eigenvalue weighted by Gasteiger charge is 1.96. The molecule has 9 heavy (non-hydrogen) atoms. The zero-order valence-electron chi connectivity index (χ0n) is 6.91. The number of rotatable bonds is 4. The Hall–Kier alpha value is -0.260. The molecule has 0 unspecified atom stereocenters. The van der Waals surface area contributed by atoms with E-state index in [1.807, 2.05) is 0 Å². The van der Waals surface area contributed by atoms with Gasteiger partial charge in [0.15, 0.2) is 0 Å². The second-order valence-corrected chi connectivity index (χ2v) is 3.01. The van der Waals surface area contributed by atoms with Crippen molar-refractivity contribution in [1.82, 2.24) is 0 Å². The molecular weight excluding hydrogens is 108 g/mol. The first-order chi connectivity index (χ1) is 4.16. The van der Waals surface area contributed by atoms with E-state index in [0.29, 0.717) is 0 Å². The summed E-state index contributed by atoms with van der Waals surface area (Å²) in [6.45, 7) is 10.5. The quantitative estimate of drug-likeness (QED) is 0.506. The maximum absolute atomic E-state index is 3.86. The van der Waals surface area contributed by atoms with Gasteiger partial charge in [-0.2, -0.15) is 0 Å². The zero-order valence-corrected chi connectivity index (χ0v) is 6.91. The fourth-order valence-electron chi connectivity index (χ4n) is 0.697. The minimum absolute atomic E-state index is 0.877. The van der Waals surface area contributed by atoms with E-state index in [2.05, 4.69) is 27.4 Å². The summed E-state index contributed by atoms with van der Waals surface area (Å²) in [7, 11) is 0. The SMILES string of the molecule is C=C(C)CC[C@H](C)CC. The number of allylic oxidation sites excluding steroid dienone is 1. The molecule has 0 N–H and O–H groups in total. The Bertz CT molecular complexity index is 82.0. The molecule has 0 saturated heterocycles. The minimum Gasteiger partial charge on any atom is -0.100 e. The van der Waals surface area contributed by atoms with E-state index in [1.165, 1.54) is 24.8 Å². The van der Waals surface area contributed by atoms with Crippen molar-refractivity contribution >= 4 is 0 Å². The molecule has 54 valence electrons. The fraction of sp³-hybridized carbons (Fsp3) is 0.778. The lowest BCUT2D eigenvalue weighted by molar-refractivity contribution is 0.516. The molecular formula is C9H18. The van der Waals surface area contributed by atoms with E-state index in [1.54, 1.807) is 0 Å². The van der Waals surface area contributed by atoms with E-state index in [4.69, 9.17) is 0 Å². The summed E-state index contributed by atoms with van der Waals surface area (Å²) >= 11 is 0. The summed E-state index contributed by atoms with van der Waals surface area (Å²) in [6, 6.07) is 0. The third kappa shape index (κ3) is 5.61. The van der Waals surface area contributed by atoms with Crippen LogP contribution in [0.4, 0.5) is 0 Å². The predicted octanol–water partition coefficient (Wildman–Crippen LogP) is 3.39. The second kappa shape index (κ2) is 4.60. The van der Waals surface area contributed by atoms with Crippen LogP contribution in [0.5, 0.6) is 0 Å². The van der Waals surface area contributed by atoms with Gasteiger partial charge in [0.2, 0.25) is 0 Å². The highest BCUT2D eigenvalue weighted by Crippen LogP contribution is 2.12. The van der Waals surface area contributed by atoms with Crippen molar-refractivity contribution in [2.75, 3.05) is 0 Å². The third-order valence-electron chi connectivity index (χ3n) is 1.76. The van der Waals surface area contributed by atoms with E-state index < -0.39 is 0 Å². The molecule has 1 atom stereocenters. The highest BCUT2D eigenvalue weighted by atomic mass is 14.0. The van der Waals surface area contributed by atoms with Crippen LogP contribution in [0.3, 0.4) is 0 Å². The van der Waals surface area contributed by atoms with Gasteiger partial charge in [0.25, 0.3) is 0 Å². The molecule has 0 spiro atoms. The van der Waals surface area contributed by atoms with Gasteiger partial charge in [-0.25, -0.2) is 0 Å². The summed E-state index contributed by atoms with van der Waals surface area (Å²) in [4.78, 5) is 0. The van der Waals surface area contributed by atoms with Crippen LogP contribution in [0.2, 0.25) is 0 Å². The van der Waals surface area contributed by atoms with Gasteiger partial charge in [-0.15, -0.1) is 6.58 Å². The Morgan fingerprint density at radius 2 is 2.11 bits per heavy atom. The molecule has 0 heterocycles. The molecule has 0 heteroatoms. The van der Waals surface area contributed by atoms with Crippen LogP contribution in [0.25, 0.3) is 0 Å². The summed E-state index contributed by atoms with van der Waals surface area (Å²) in [5, 5.41) is 0. The molecule has 0 nitrogen and oxygen atoms in total. The first-order valence-electron chi connectivity index (χ1n) is 3.81. The number of hydrogen-bond donors (Lipinski definition) is 0. The molecule has 0 aliphatic rings. The summed E-state index contributed by atoms with van der Waals surface area (Å²) in [6.07, 6.45) is 3.81. The Morgan fingerprint density at radius 3 is 2.44 bits per heavy atom. The van der Waals surface area contributed by atoms with Gasteiger partial charge in [0, 0.05) is 0 Å². The van der Waals surface area contributed by atoms with E-state index in [0.717, 1.165) is 5.92 Å². The fourth-order valence-corrected chi connectivity index (χ4v) is 0.697. The van der Waals surface area contributed by atoms with Crippen LogP contribution in [-0.2, 0) is 0 Å². The largest absolute Gasteiger partial charge is 0.100 e. The molecule has 0 rings (SSSR count). The zero-order chi connectivity index (χ0) is 7.28. The van der Waals surface area contributed by atoms with Crippen molar-refractivity contribution in [3.05, 3.63) is 12.2 Å². The predicted molar refractivity (Wildman–Crippen MR) is 43.5 cm³/mol. The van der Waals surface area contributed by atoms with E-state index in [-0.39, 0.29) is 0 Å². The summed E-state index contributed by atoms with van der Waals surface area (Å²) < 4.78 is 0. The van der Waals surface area contributed by atoms with E-state index >= 15 is 0 Å². The van der Waals surface area contributed by atoms with Crippen molar-refractivity contribution in [2.45, 2.75) is 40.0 Å². The summed E-state index contributed by atoms with van der Waals surface area (Å²) in [5.74, 6) is 0.877. The maximum atomic E-state index is 3.86. The normalized spacial score (nSPS) is 13.2. The van der Waals surface area contributed by atoms with Crippen LogP contribution >= 0.6 is 0 Å². The first-order valence-corrected chi connectivity index (χ1v) is 3.81. The van der Waals surface area contributed by atoms with Crippen LogP contribution in [0, 0.1) is 5.92 Å². The summed E-state index contributed by atoms with van der Waals surface area (Å²) in [5.41, 5.74) is 1.32. The van der Waals surface area contributed by atoms with Crippen LogP contribution in [-0.4, -0.2) is 0 Å². The Balaban J connectivity index is 3.16. The van der Waals surface area contributed by atoms with Crippen LogP contribution in [0.15, 0.2) is 12.2 Å². The van der Waals surface area contributed by atoms with Gasteiger partial charge in [-0.05, 0) is 25.7 Å². The molecule has 0 aromatic carbocycles. The van der Waals surface area contributed by atoms with Crippen molar-refractivity contribution < 1.29 is 0 Å². The topological polar surface area (TPSA) is 0 Å². The molecule has 0 aromatic heterocycles. The average molecular weight is 126 g/mol. The number of hydrogen-bond acceptors (Lipinski definition) is 0. The third-order valence-corrected chi connectivity index (χ3v) is 1.76. The van der Waals surface area contributed by atoms with Gasteiger partial charge in [-0.3, -0.25) is 0 Å². The van der Waals surface area contributed by atoms with Gasteiger partial charge in [0.1, 0.15) is 0 Å². The van der Waals surface area contributed by atoms with Crippen LogP contribution < -0.4 is 0 Å². The first kappa shape index (κ1) is 8.74. The Morgan fingerprint density at radius 1 is 1.56 bits per heavy atom. The lowest BCUT2D eigenvalue weighted by Crippen LogP contribution is -1.91. The monoisotopic (exact) mass is 126 g/mol. The highest BCUT2D eigenvalue weighted by molar-refractivity contribution is 4.87. The molecule has 0 fully saturated rings. The van der Waals surface area contributed by atoms with Crippen molar-refractivity contribution in [2.24, 2.45) is 5.92 Å². The lowest BCUT2D eigenvalue weighted by Gasteiger charge is -2.06. The van der Waals surface area contributed by atoms with Gasteiger partial charge < -0.3 is 0 Å². The smallest absolute Gasteiger partial charge is 0.0323 e. The van der Waals surface area contributed by atoms with E-state index in [9.17, 15) is 0 Å². The molecule has 0 aliphatic heterocycles. The van der Waals surface area contributed by atoms with Gasteiger partial charge in [-0.1, -0.05) is 25.8 Å². The molecule has 0 amide bonds. The minimum atomic E-state index is 0.877. The molecule has 0 aromatic rings.